The minimum atomic E-state index is 0.544. The van der Waals surface area contributed by atoms with Gasteiger partial charge in [0.1, 0.15) is 5.01 Å². The number of thiazole rings is 1. The van der Waals surface area contributed by atoms with Crippen LogP contribution in [0, 0.1) is 5.92 Å². The van der Waals surface area contributed by atoms with E-state index in [9.17, 15) is 0 Å². The minimum Gasteiger partial charge on any atom is -0.354 e. The smallest absolute Gasteiger partial charge is 0.191 e. The van der Waals surface area contributed by atoms with Gasteiger partial charge in [0.2, 0.25) is 0 Å². The number of rotatable bonds is 4. The molecule has 0 bridgehead atoms. The molecule has 2 aromatic rings. The minimum absolute atomic E-state index is 0.544. The van der Waals surface area contributed by atoms with Crippen molar-refractivity contribution in [3.8, 4) is 10.6 Å². The molecule has 3 rings (SSSR count). The topological polar surface area (TPSA) is 49.3 Å². The molecule has 4 nitrogen and oxygen atoms in total. The number of guanidine groups is 1. The highest BCUT2D eigenvalue weighted by Gasteiger charge is 2.18. The largest absolute Gasteiger partial charge is 0.354 e. The fraction of sp³-hybridized carbons (Fsp3) is 0.474. The van der Waals surface area contributed by atoms with E-state index >= 15 is 0 Å². The van der Waals surface area contributed by atoms with Crippen LogP contribution in [0.2, 0.25) is 0 Å². The molecule has 2 N–H and O–H groups in total. The van der Waals surface area contributed by atoms with E-state index in [0.29, 0.717) is 12.6 Å². The van der Waals surface area contributed by atoms with Gasteiger partial charge in [0.25, 0.3) is 0 Å². The van der Waals surface area contributed by atoms with Crippen LogP contribution in [0.3, 0.4) is 0 Å². The molecule has 1 fully saturated rings. The van der Waals surface area contributed by atoms with Gasteiger partial charge in [-0.2, -0.15) is 0 Å². The molecular formula is C19H26N4S. The Hall–Kier alpha value is -1.88. The van der Waals surface area contributed by atoms with Crippen molar-refractivity contribution >= 4 is 17.3 Å². The maximum atomic E-state index is 4.72. The standard InChI is InChI=1S/C19H26N4S/c1-14-8-10-16(11-9-14)23-19(20-2)21-12-17-13-24-18(22-17)15-6-4-3-5-7-15/h3-7,13-14,16H,8-12H2,1-2H3,(H2,20,21,23). The molecule has 1 saturated carbocycles. The molecule has 1 aromatic heterocycles. The lowest BCUT2D eigenvalue weighted by molar-refractivity contribution is 0.329. The number of nitrogens with zero attached hydrogens (tertiary/aromatic N) is 2. The van der Waals surface area contributed by atoms with Gasteiger partial charge in [-0.1, -0.05) is 37.3 Å². The second-order valence-corrected chi connectivity index (χ2v) is 7.40. The summed E-state index contributed by atoms with van der Waals surface area (Å²) in [5, 5.41) is 10.1. The normalized spacial score (nSPS) is 21.5. The monoisotopic (exact) mass is 342 g/mol. The lowest BCUT2D eigenvalue weighted by Crippen LogP contribution is -2.44. The van der Waals surface area contributed by atoms with Crippen molar-refractivity contribution in [3.05, 3.63) is 41.4 Å². The van der Waals surface area contributed by atoms with Crippen molar-refractivity contribution in [2.75, 3.05) is 7.05 Å². The Kier molecular flexibility index (Phi) is 5.86. The Morgan fingerprint density at radius 2 is 1.96 bits per heavy atom. The van der Waals surface area contributed by atoms with E-state index in [0.717, 1.165) is 22.6 Å². The fourth-order valence-electron chi connectivity index (χ4n) is 3.07. The van der Waals surface area contributed by atoms with Crippen molar-refractivity contribution in [3.63, 3.8) is 0 Å². The van der Waals surface area contributed by atoms with E-state index in [1.807, 2.05) is 25.2 Å². The maximum Gasteiger partial charge on any atom is 0.191 e. The summed E-state index contributed by atoms with van der Waals surface area (Å²) < 4.78 is 0. The third kappa shape index (κ3) is 4.57. The molecule has 0 aliphatic heterocycles. The van der Waals surface area contributed by atoms with Crippen molar-refractivity contribution in [1.82, 2.24) is 15.6 Å². The third-order valence-corrected chi connectivity index (χ3v) is 5.53. The van der Waals surface area contributed by atoms with Crippen molar-refractivity contribution in [1.29, 1.82) is 0 Å². The molecule has 0 unspecified atom stereocenters. The zero-order valence-electron chi connectivity index (χ0n) is 14.5. The Labute approximate surface area is 148 Å². The molecule has 24 heavy (non-hydrogen) atoms. The zero-order valence-corrected chi connectivity index (χ0v) is 15.3. The van der Waals surface area contributed by atoms with Crippen LogP contribution in [0.1, 0.15) is 38.3 Å². The van der Waals surface area contributed by atoms with Gasteiger partial charge in [-0.15, -0.1) is 11.3 Å². The van der Waals surface area contributed by atoms with Crippen LogP contribution < -0.4 is 10.6 Å². The number of nitrogens with one attached hydrogen (secondary N) is 2. The zero-order chi connectivity index (χ0) is 16.8. The molecule has 1 heterocycles. The molecule has 0 spiro atoms. The van der Waals surface area contributed by atoms with Crippen LogP contribution in [0.25, 0.3) is 10.6 Å². The summed E-state index contributed by atoms with van der Waals surface area (Å²) in [7, 11) is 1.83. The SMILES string of the molecule is CN=C(NCc1csc(-c2ccccc2)n1)NC1CCC(C)CC1. The summed E-state index contributed by atoms with van der Waals surface area (Å²) in [6.07, 6.45) is 5.08. The number of aromatic nitrogens is 1. The van der Waals surface area contributed by atoms with Crippen LogP contribution >= 0.6 is 11.3 Å². The second kappa shape index (κ2) is 8.29. The van der Waals surface area contributed by atoms with Gasteiger partial charge in [-0.05, 0) is 31.6 Å². The number of hydrogen-bond acceptors (Lipinski definition) is 3. The fourth-order valence-corrected chi connectivity index (χ4v) is 3.89. The summed E-state index contributed by atoms with van der Waals surface area (Å²) in [5.74, 6) is 1.74. The first-order valence-electron chi connectivity index (χ1n) is 8.71. The highest BCUT2D eigenvalue weighted by Crippen LogP contribution is 2.24. The predicted molar refractivity (Wildman–Crippen MR) is 102 cm³/mol. The molecule has 0 atom stereocenters. The van der Waals surface area contributed by atoms with Gasteiger partial charge in [-0.25, -0.2) is 4.98 Å². The van der Waals surface area contributed by atoms with Crippen LogP contribution in [-0.4, -0.2) is 24.0 Å². The van der Waals surface area contributed by atoms with E-state index in [1.54, 1.807) is 11.3 Å². The molecule has 0 radical (unpaired) electrons. The Balaban J connectivity index is 1.52. The maximum absolute atomic E-state index is 4.72. The predicted octanol–water partition coefficient (Wildman–Crippen LogP) is 4.05. The second-order valence-electron chi connectivity index (χ2n) is 6.54. The third-order valence-electron chi connectivity index (χ3n) is 4.59. The average Bonchev–Trinajstić information content (AvgIpc) is 3.10. The number of hydrogen-bond donors (Lipinski definition) is 2. The van der Waals surface area contributed by atoms with Gasteiger partial charge in [-0.3, -0.25) is 4.99 Å². The highest BCUT2D eigenvalue weighted by atomic mass is 32.1. The number of benzene rings is 1. The molecule has 128 valence electrons. The lowest BCUT2D eigenvalue weighted by atomic mass is 9.87. The van der Waals surface area contributed by atoms with Gasteiger partial charge >= 0.3 is 0 Å². The molecule has 0 amide bonds. The van der Waals surface area contributed by atoms with Crippen LogP contribution in [0.4, 0.5) is 0 Å². The summed E-state index contributed by atoms with van der Waals surface area (Å²) >= 11 is 1.69. The lowest BCUT2D eigenvalue weighted by Gasteiger charge is -2.28. The first-order valence-corrected chi connectivity index (χ1v) is 9.59. The van der Waals surface area contributed by atoms with Gasteiger partial charge in [0.15, 0.2) is 5.96 Å². The van der Waals surface area contributed by atoms with E-state index < -0.39 is 0 Å². The van der Waals surface area contributed by atoms with Gasteiger partial charge in [0, 0.05) is 24.0 Å². The molecule has 5 heteroatoms. The Morgan fingerprint density at radius 1 is 1.21 bits per heavy atom. The molecule has 0 saturated heterocycles. The summed E-state index contributed by atoms with van der Waals surface area (Å²) in [4.78, 5) is 9.07. The summed E-state index contributed by atoms with van der Waals surface area (Å²) in [6, 6.07) is 10.9. The molecule has 1 aliphatic rings. The highest BCUT2D eigenvalue weighted by molar-refractivity contribution is 7.13. The van der Waals surface area contributed by atoms with Crippen LogP contribution in [0.5, 0.6) is 0 Å². The molecule has 1 aliphatic carbocycles. The van der Waals surface area contributed by atoms with E-state index in [1.165, 1.54) is 31.2 Å². The van der Waals surface area contributed by atoms with Crippen molar-refractivity contribution in [2.45, 2.75) is 45.2 Å². The first kappa shape index (κ1) is 17.0. The van der Waals surface area contributed by atoms with E-state index in [-0.39, 0.29) is 0 Å². The molecule has 1 aromatic carbocycles. The van der Waals surface area contributed by atoms with Gasteiger partial charge < -0.3 is 10.6 Å². The quantitative estimate of drug-likeness (QED) is 0.651. The van der Waals surface area contributed by atoms with E-state index in [2.05, 4.69) is 40.1 Å². The van der Waals surface area contributed by atoms with Crippen LogP contribution in [0.15, 0.2) is 40.7 Å². The van der Waals surface area contributed by atoms with Crippen molar-refractivity contribution < 1.29 is 0 Å². The summed E-state index contributed by atoms with van der Waals surface area (Å²) in [5.41, 5.74) is 2.23. The van der Waals surface area contributed by atoms with Crippen LogP contribution in [-0.2, 0) is 6.54 Å². The number of aliphatic imine (C=N–C) groups is 1. The van der Waals surface area contributed by atoms with Gasteiger partial charge in [0.05, 0.1) is 12.2 Å². The van der Waals surface area contributed by atoms with E-state index in [4.69, 9.17) is 4.98 Å². The first-order chi connectivity index (χ1) is 11.7. The summed E-state index contributed by atoms with van der Waals surface area (Å²) in [6.45, 7) is 3.04. The average molecular weight is 343 g/mol. The molecular weight excluding hydrogens is 316 g/mol. The Bertz CT molecular complexity index is 657. The Morgan fingerprint density at radius 3 is 2.67 bits per heavy atom. The van der Waals surface area contributed by atoms with Crippen molar-refractivity contribution in [2.24, 2.45) is 10.9 Å².